The number of furan rings is 1. The summed E-state index contributed by atoms with van der Waals surface area (Å²) in [6.45, 7) is 0. The Morgan fingerprint density at radius 1 is 0.321 bits per heavy atom. The molecule has 0 spiro atoms. The minimum atomic E-state index is 0.588. The van der Waals surface area contributed by atoms with E-state index in [0.29, 0.717) is 17.5 Å². The second kappa shape index (κ2) is 13.0. The van der Waals surface area contributed by atoms with Crippen molar-refractivity contribution < 1.29 is 4.42 Å². The summed E-state index contributed by atoms with van der Waals surface area (Å²) in [7, 11) is 0. The second-order valence-electron chi connectivity index (χ2n) is 14.0. The van der Waals surface area contributed by atoms with Crippen LogP contribution in [-0.2, 0) is 0 Å². The van der Waals surface area contributed by atoms with Gasteiger partial charge in [0.1, 0.15) is 5.58 Å². The van der Waals surface area contributed by atoms with Gasteiger partial charge in [0.15, 0.2) is 23.1 Å². The Bertz CT molecular complexity index is 3070. The van der Waals surface area contributed by atoms with Gasteiger partial charge in [-0.1, -0.05) is 164 Å². The van der Waals surface area contributed by atoms with E-state index in [0.717, 1.165) is 66.5 Å². The first-order chi connectivity index (χ1) is 27.7. The minimum absolute atomic E-state index is 0.588. The molecule has 0 saturated carbocycles. The fourth-order valence-corrected chi connectivity index (χ4v) is 7.93. The van der Waals surface area contributed by atoms with E-state index in [-0.39, 0.29) is 0 Å². The maximum atomic E-state index is 6.93. The number of para-hydroxylation sites is 1. The van der Waals surface area contributed by atoms with Gasteiger partial charge in [0.2, 0.25) is 0 Å². The predicted molar refractivity (Wildman–Crippen MR) is 229 cm³/mol. The molecule has 0 unspecified atom stereocenters. The van der Waals surface area contributed by atoms with E-state index in [9.17, 15) is 0 Å². The fourth-order valence-electron chi connectivity index (χ4n) is 7.93. The van der Waals surface area contributed by atoms with Gasteiger partial charge in [-0.05, 0) is 52.6 Å². The highest BCUT2D eigenvalue weighted by molar-refractivity contribution is 6.14. The maximum Gasteiger partial charge on any atom is 0.164 e. The number of benzene rings is 8. The highest BCUT2D eigenvalue weighted by atomic mass is 16.3. The Balaban J connectivity index is 1.12. The van der Waals surface area contributed by atoms with E-state index in [1.807, 2.05) is 60.7 Å². The van der Waals surface area contributed by atoms with Gasteiger partial charge < -0.3 is 8.98 Å². The highest BCUT2D eigenvalue weighted by Gasteiger charge is 2.20. The summed E-state index contributed by atoms with van der Waals surface area (Å²) in [6.07, 6.45) is 0. The van der Waals surface area contributed by atoms with Gasteiger partial charge in [-0.25, -0.2) is 15.0 Å². The predicted octanol–water partition coefficient (Wildman–Crippen LogP) is 13.2. The molecule has 56 heavy (non-hydrogen) atoms. The molecule has 0 aliphatic rings. The number of fused-ring (bicyclic) bond motifs is 6. The molecule has 0 aliphatic heterocycles. The number of aromatic nitrogens is 4. The van der Waals surface area contributed by atoms with Crippen LogP contribution in [0.15, 0.2) is 199 Å². The van der Waals surface area contributed by atoms with Crippen molar-refractivity contribution >= 4 is 43.7 Å². The third-order valence-electron chi connectivity index (χ3n) is 10.7. The average Bonchev–Trinajstić information content (AvgIpc) is 3.82. The van der Waals surface area contributed by atoms with Crippen LogP contribution >= 0.6 is 0 Å². The molecule has 0 atom stereocenters. The zero-order valence-electron chi connectivity index (χ0n) is 30.2. The lowest BCUT2D eigenvalue weighted by atomic mass is 10.0. The monoisotopic (exact) mass is 716 g/mol. The molecule has 5 nitrogen and oxygen atoms in total. The lowest BCUT2D eigenvalue weighted by molar-refractivity contribution is 0.666. The normalized spacial score (nSPS) is 11.6. The van der Waals surface area contributed by atoms with Gasteiger partial charge >= 0.3 is 0 Å². The van der Waals surface area contributed by atoms with Gasteiger partial charge in [0.05, 0.1) is 16.7 Å². The van der Waals surface area contributed by atoms with Crippen LogP contribution in [0.1, 0.15) is 0 Å². The molecule has 262 valence electrons. The van der Waals surface area contributed by atoms with Crippen LogP contribution in [0, 0.1) is 0 Å². The van der Waals surface area contributed by atoms with E-state index < -0.39 is 0 Å². The highest BCUT2D eigenvalue weighted by Crippen LogP contribution is 2.41. The zero-order valence-corrected chi connectivity index (χ0v) is 30.2. The first kappa shape index (κ1) is 31.9. The standard InChI is InChI=1S/C51H32N4O/c1-5-14-33(15-6-1)37-24-27-40-41-28-25-38(34-16-7-2-8-17-34)31-46(41)55(45(40)30-37)44-23-13-22-43-42-29-26-39(32-47(42)56-48(43)44)51-53-49(35-18-9-3-10-19-35)52-50(54-51)36-20-11-4-12-21-36/h1-32H. The molecular formula is C51H32N4O. The fraction of sp³-hybridized carbons (Fsp3) is 0. The van der Waals surface area contributed by atoms with Crippen LogP contribution in [0.3, 0.4) is 0 Å². The van der Waals surface area contributed by atoms with Gasteiger partial charge in [0, 0.05) is 38.2 Å². The number of hydrogen-bond acceptors (Lipinski definition) is 4. The lowest BCUT2D eigenvalue weighted by Gasteiger charge is -2.10. The van der Waals surface area contributed by atoms with Crippen molar-refractivity contribution in [1.82, 2.24) is 19.5 Å². The van der Waals surface area contributed by atoms with Gasteiger partial charge in [0.25, 0.3) is 0 Å². The van der Waals surface area contributed by atoms with E-state index in [1.165, 1.54) is 21.9 Å². The molecule has 11 rings (SSSR count). The summed E-state index contributed by atoms with van der Waals surface area (Å²) in [4.78, 5) is 14.9. The van der Waals surface area contributed by atoms with E-state index in [1.54, 1.807) is 0 Å². The molecule has 0 radical (unpaired) electrons. The summed E-state index contributed by atoms with van der Waals surface area (Å²) >= 11 is 0. The molecule has 3 aromatic heterocycles. The molecule has 0 N–H and O–H groups in total. The minimum Gasteiger partial charge on any atom is -0.454 e. The van der Waals surface area contributed by atoms with Crippen molar-refractivity contribution in [2.75, 3.05) is 0 Å². The molecule has 3 heterocycles. The molecule has 0 bridgehead atoms. The van der Waals surface area contributed by atoms with E-state index in [4.69, 9.17) is 19.4 Å². The Labute approximate surface area is 322 Å². The van der Waals surface area contributed by atoms with Crippen LogP contribution < -0.4 is 0 Å². The van der Waals surface area contributed by atoms with Crippen LogP contribution in [0.5, 0.6) is 0 Å². The van der Waals surface area contributed by atoms with Crippen LogP contribution in [0.2, 0.25) is 0 Å². The van der Waals surface area contributed by atoms with Crippen molar-refractivity contribution in [3.05, 3.63) is 194 Å². The quantitative estimate of drug-likeness (QED) is 0.172. The molecular weight excluding hydrogens is 685 g/mol. The van der Waals surface area contributed by atoms with Crippen LogP contribution in [0.4, 0.5) is 0 Å². The summed E-state index contributed by atoms with van der Waals surface area (Å²) in [5.74, 6) is 1.83. The number of rotatable bonds is 6. The lowest BCUT2D eigenvalue weighted by Crippen LogP contribution is -2.00. The molecule has 0 saturated heterocycles. The summed E-state index contributed by atoms with van der Waals surface area (Å²) in [5.41, 5.74) is 12.2. The van der Waals surface area contributed by atoms with Crippen molar-refractivity contribution in [3.8, 4) is 62.1 Å². The molecule has 0 fully saturated rings. The van der Waals surface area contributed by atoms with Gasteiger partial charge in [-0.15, -0.1) is 0 Å². The topological polar surface area (TPSA) is 56.7 Å². The Morgan fingerprint density at radius 2 is 0.768 bits per heavy atom. The van der Waals surface area contributed by atoms with Crippen molar-refractivity contribution in [1.29, 1.82) is 0 Å². The SMILES string of the molecule is c1ccc(-c2ccc3c4ccc(-c5ccccc5)cc4n(-c4cccc5c4oc4cc(-c6nc(-c7ccccc7)nc(-c7ccccc7)n6)ccc45)c3c2)cc1. The Kier molecular flexibility index (Phi) is 7.42. The first-order valence-corrected chi connectivity index (χ1v) is 18.8. The van der Waals surface area contributed by atoms with Crippen molar-refractivity contribution in [3.63, 3.8) is 0 Å². The Hall–Kier alpha value is -7.63. The van der Waals surface area contributed by atoms with Crippen LogP contribution in [0.25, 0.3) is 106 Å². The average molecular weight is 717 g/mol. The third-order valence-corrected chi connectivity index (χ3v) is 10.7. The smallest absolute Gasteiger partial charge is 0.164 e. The van der Waals surface area contributed by atoms with Gasteiger partial charge in [-0.2, -0.15) is 0 Å². The number of hydrogen-bond donors (Lipinski definition) is 0. The first-order valence-electron chi connectivity index (χ1n) is 18.8. The van der Waals surface area contributed by atoms with E-state index in [2.05, 4.69) is 138 Å². The number of nitrogens with zero attached hydrogens (tertiary/aromatic N) is 4. The molecule has 0 aliphatic carbocycles. The Morgan fingerprint density at radius 3 is 1.29 bits per heavy atom. The summed E-state index contributed by atoms with van der Waals surface area (Å²) in [6, 6.07) is 67.5. The third kappa shape index (κ3) is 5.37. The van der Waals surface area contributed by atoms with Crippen LogP contribution in [-0.4, -0.2) is 19.5 Å². The summed E-state index contributed by atoms with van der Waals surface area (Å²) < 4.78 is 9.31. The molecule has 11 aromatic rings. The van der Waals surface area contributed by atoms with Gasteiger partial charge in [-0.3, -0.25) is 0 Å². The second-order valence-corrected chi connectivity index (χ2v) is 14.0. The molecule has 5 heteroatoms. The van der Waals surface area contributed by atoms with Crippen molar-refractivity contribution in [2.24, 2.45) is 0 Å². The molecule has 0 amide bonds. The van der Waals surface area contributed by atoms with E-state index >= 15 is 0 Å². The largest absolute Gasteiger partial charge is 0.454 e. The zero-order chi connectivity index (χ0) is 37.0. The summed E-state index contributed by atoms with van der Waals surface area (Å²) in [5, 5.41) is 4.45. The van der Waals surface area contributed by atoms with Crippen molar-refractivity contribution in [2.45, 2.75) is 0 Å². The maximum absolute atomic E-state index is 6.93. The molecule has 8 aromatic carbocycles.